The number of rotatable bonds is 4. The number of hydrogen-bond acceptors (Lipinski definition) is 4. The van der Waals surface area contributed by atoms with Crippen LogP contribution in [-0.2, 0) is 9.53 Å². The number of carbonyl (C=O) groups is 2. The van der Waals surface area contributed by atoms with E-state index in [1.165, 1.54) is 7.11 Å². The van der Waals surface area contributed by atoms with Gasteiger partial charge in [0.2, 0.25) is 0 Å². The molecular formula is C19H22N2O3. The summed E-state index contributed by atoms with van der Waals surface area (Å²) >= 11 is 0. The molecule has 0 spiro atoms. The lowest BCUT2D eigenvalue weighted by Crippen LogP contribution is -2.39. The molecule has 0 aliphatic rings. The summed E-state index contributed by atoms with van der Waals surface area (Å²) in [6.45, 7) is 5.34. The molecule has 2 aromatic carbocycles. The van der Waals surface area contributed by atoms with Gasteiger partial charge >= 0.3 is 5.97 Å². The van der Waals surface area contributed by atoms with Crippen molar-refractivity contribution in [3.8, 4) is 11.1 Å². The van der Waals surface area contributed by atoms with Crippen molar-refractivity contribution in [2.45, 2.75) is 26.8 Å². The Kier molecular flexibility index (Phi) is 5.24. The van der Waals surface area contributed by atoms with E-state index in [9.17, 15) is 9.59 Å². The van der Waals surface area contributed by atoms with Crippen LogP contribution < -0.4 is 11.1 Å². The van der Waals surface area contributed by atoms with Crippen LogP contribution in [0.4, 0.5) is 5.69 Å². The number of carbonyl (C=O) groups excluding carboxylic acids is 2. The molecule has 0 aliphatic carbocycles. The summed E-state index contributed by atoms with van der Waals surface area (Å²) in [6, 6.07) is 10.8. The molecule has 2 rings (SSSR count). The zero-order valence-electron chi connectivity index (χ0n) is 14.3. The molecule has 0 radical (unpaired) electrons. The van der Waals surface area contributed by atoms with Gasteiger partial charge in [-0.1, -0.05) is 24.3 Å². The Hall–Kier alpha value is -2.82. The zero-order valence-corrected chi connectivity index (χ0v) is 14.3. The Morgan fingerprint density at radius 3 is 2.25 bits per heavy atom. The maximum atomic E-state index is 12.5. The number of methoxy groups -OCH3 is 1. The minimum Gasteiger partial charge on any atom is -0.467 e. The van der Waals surface area contributed by atoms with Crippen LogP contribution in [0.15, 0.2) is 36.4 Å². The zero-order chi connectivity index (χ0) is 17.9. The second-order valence-corrected chi connectivity index (χ2v) is 5.83. The average Bonchev–Trinajstić information content (AvgIpc) is 2.53. The Morgan fingerprint density at radius 2 is 1.71 bits per heavy atom. The van der Waals surface area contributed by atoms with E-state index < -0.39 is 12.0 Å². The van der Waals surface area contributed by atoms with Crippen molar-refractivity contribution in [2.24, 2.45) is 0 Å². The minimum atomic E-state index is -0.699. The van der Waals surface area contributed by atoms with Gasteiger partial charge in [-0.3, -0.25) is 4.79 Å². The van der Waals surface area contributed by atoms with E-state index in [0.717, 1.165) is 22.3 Å². The number of hydrogen-bond donors (Lipinski definition) is 2. The van der Waals surface area contributed by atoms with Crippen LogP contribution in [0.25, 0.3) is 11.1 Å². The van der Waals surface area contributed by atoms with Gasteiger partial charge in [0.05, 0.1) is 7.11 Å². The SMILES string of the molecule is COC(=O)[C@H](C)NC(=O)c1c(C)cc(-c2cccc(N)c2)cc1C. The van der Waals surface area contributed by atoms with Gasteiger partial charge in [-0.05, 0) is 55.2 Å². The summed E-state index contributed by atoms with van der Waals surface area (Å²) in [5.74, 6) is -0.767. The third kappa shape index (κ3) is 3.74. The van der Waals surface area contributed by atoms with Gasteiger partial charge in [-0.25, -0.2) is 4.79 Å². The van der Waals surface area contributed by atoms with Gasteiger partial charge < -0.3 is 15.8 Å². The number of nitrogens with two attached hydrogens (primary N) is 1. The molecule has 0 saturated carbocycles. The second-order valence-electron chi connectivity index (χ2n) is 5.83. The largest absolute Gasteiger partial charge is 0.467 e. The number of esters is 1. The monoisotopic (exact) mass is 326 g/mol. The highest BCUT2D eigenvalue weighted by Crippen LogP contribution is 2.26. The molecule has 0 fully saturated rings. The summed E-state index contributed by atoms with van der Waals surface area (Å²) in [6.07, 6.45) is 0. The van der Waals surface area contributed by atoms with E-state index in [-0.39, 0.29) is 5.91 Å². The van der Waals surface area contributed by atoms with Crippen molar-refractivity contribution in [3.05, 3.63) is 53.1 Å². The van der Waals surface area contributed by atoms with Crippen molar-refractivity contribution in [2.75, 3.05) is 12.8 Å². The maximum absolute atomic E-state index is 12.5. The van der Waals surface area contributed by atoms with E-state index in [1.807, 2.05) is 50.2 Å². The quantitative estimate of drug-likeness (QED) is 0.669. The van der Waals surface area contributed by atoms with E-state index in [2.05, 4.69) is 10.1 Å². The van der Waals surface area contributed by atoms with Crippen molar-refractivity contribution in [1.29, 1.82) is 0 Å². The topological polar surface area (TPSA) is 81.4 Å². The lowest BCUT2D eigenvalue weighted by molar-refractivity contribution is -0.142. The smallest absolute Gasteiger partial charge is 0.328 e. The van der Waals surface area contributed by atoms with E-state index >= 15 is 0 Å². The van der Waals surface area contributed by atoms with Gasteiger partial charge in [0, 0.05) is 11.3 Å². The highest BCUT2D eigenvalue weighted by molar-refractivity contribution is 5.99. The fourth-order valence-corrected chi connectivity index (χ4v) is 2.71. The number of aryl methyl sites for hydroxylation is 2. The highest BCUT2D eigenvalue weighted by atomic mass is 16.5. The predicted octanol–water partition coefficient (Wildman–Crippen LogP) is 2.84. The summed E-state index contributed by atoms with van der Waals surface area (Å²) in [4.78, 5) is 24.0. The minimum absolute atomic E-state index is 0.290. The van der Waals surface area contributed by atoms with E-state index in [4.69, 9.17) is 5.73 Å². The van der Waals surface area contributed by atoms with Gasteiger partial charge in [0.15, 0.2) is 0 Å². The Morgan fingerprint density at radius 1 is 1.08 bits per heavy atom. The first kappa shape index (κ1) is 17.5. The predicted molar refractivity (Wildman–Crippen MR) is 94.7 cm³/mol. The van der Waals surface area contributed by atoms with Crippen LogP contribution in [0.1, 0.15) is 28.4 Å². The molecule has 1 amide bonds. The highest BCUT2D eigenvalue weighted by Gasteiger charge is 2.20. The van der Waals surface area contributed by atoms with Crippen molar-refractivity contribution in [3.63, 3.8) is 0 Å². The maximum Gasteiger partial charge on any atom is 0.328 e. The van der Waals surface area contributed by atoms with Crippen LogP contribution in [0, 0.1) is 13.8 Å². The van der Waals surface area contributed by atoms with Crippen LogP contribution in [-0.4, -0.2) is 25.0 Å². The molecule has 126 valence electrons. The first-order chi connectivity index (χ1) is 11.3. The lowest BCUT2D eigenvalue weighted by Gasteiger charge is -2.16. The number of anilines is 1. The third-order valence-corrected chi connectivity index (χ3v) is 3.88. The molecule has 0 aromatic heterocycles. The molecule has 0 aliphatic heterocycles. The van der Waals surface area contributed by atoms with Gasteiger partial charge in [-0.2, -0.15) is 0 Å². The fourth-order valence-electron chi connectivity index (χ4n) is 2.71. The number of amides is 1. The average molecular weight is 326 g/mol. The molecule has 1 atom stereocenters. The molecule has 0 unspecified atom stereocenters. The second kappa shape index (κ2) is 7.17. The first-order valence-corrected chi connectivity index (χ1v) is 7.69. The Balaban J connectivity index is 2.33. The molecule has 2 aromatic rings. The molecule has 0 heterocycles. The van der Waals surface area contributed by atoms with Crippen molar-refractivity contribution >= 4 is 17.6 Å². The molecule has 24 heavy (non-hydrogen) atoms. The molecule has 5 nitrogen and oxygen atoms in total. The molecule has 3 N–H and O–H groups in total. The summed E-state index contributed by atoms with van der Waals surface area (Å²) in [7, 11) is 1.29. The normalized spacial score (nSPS) is 11.7. The summed E-state index contributed by atoms with van der Waals surface area (Å²) in [5, 5.41) is 2.66. The van der Waals surface area contributed by atoms with E-state index in [1.54, 1.807) is 6.92 Å². The molecule has 0 saturated heterocycles. The molecular weight excluding hydrogens is 304 g/mol. The van der Waals surface area contributed by atoms with Gasteiger partial charge in [-0.15, -0.1) is 0 Å². The van der Waals surface area contributed by atoms with Crippen LogP contribution in [0.5, 0.6) is 0 Å². The summed E-state index contributed by atoms with van der Waals surface area (Å²) in [5.41, 5.74) is 10.8. The van der Waals surface area contributed by atoms with Crippen molar-refractivity contribution < 1.29 is 14.3 Å². The third-order valence-electron chi connectivity index (χ3n) is 3.88. The summed E-state index contributed by atoms with van der Waals surface area (Å²) < 4.78 is 4.63. The number of ether oxygens (including phenoxy) is 1. The number of nitrogens with one attached hydrogen (secondary N) is 1. The number of benzene rings is 2. The Bertz CT molecular complexity index is 761. The van der Waals surface area contributed by atoms with Crippen LogP contribution in [0.3, 0.4) is 0 Å². The van der Waals surface area contributed by atoms with Crippen LogP contribution in [0.2, 0.25) is 0 Å². The van der Waals surface area contributed by atoms with E-state index in [0.29, 0.717) is 11.3 Å². The first-order valence-electron chi connectivity index (χ1n) is 7.69. The fraction of sp³-hybridized carbons (Fsp3) is 0.263. The Labute approximate surface area is 141 Å². The van der Waals surface area contributed by atoms with Gasteiger partial charge in [0.1, 0.15) is 6.04 Å². The van der Waals surface area contributed by atoms with Crippen molar-refractivity contribution in [1.82, 2.24) is 5.32 Å². The molecule has 5 heteroatoms. The number of nitrogen functional groups attached to an aromatic ring is 1. The lowest BCUT2D eigenvalue weighted by atomic mass is 9.95. The van der Waals surface area contributed by atoms with Crippen LogP contribution >= 0.6 is 0 Å². The van der Waals surface area contributed by atoms with Gasteiger partial charge in [0.25, 0.3) is 5.91 Å². The molecule has 0 bridgehead atoms. The standard InChI is InChI=1S/C19H22N2O3/c1-11-8-15(14-6-5-7-16(20)10-14)9-12(2)17(11)18(22)21-13(3)19(23)24-4/h5-10,13H,20H2,1-4H3,(H,21,22)/t13-/m0/s1.